The molecule has 1 saturated heterocycles. The fourth-order valence-corrected chi connectivity index (χ4v) is 3.29. The summed E-state index contributed by atoms with van der Waals surface area (Å²) in [6, 6.07) is 0. The van der Waals surface area contributed by atoms with Crippen molar-refractivity contribution in [2.24, 2.45) is 0 Å². The van der Waals surface area contributed by atoms with Crippen molar-refractivity contribution in [3.8, 4) is 0 Å². The Labute approximate surface area is 131 Å². The summed E-state index contributed by atoms with van der Waals surface area (Å²) in [6.07, 6.45) is 5.34. The monoisotopic (exact) mass is 304 g/mol. The number of unbranched alkanes of at least 4 members (excludes halogenated alkanes) is 1. The van der Waals surface area contributed by atoms with Crippen LogP contribution < -0.4 is 4.90 Å². The molecule has 1 atom stereocenters. The molecular formula is C16H24N4O2. The Balaban J connectivity index is 1.64. The number of aromatic nitrogens is 2. The predicted octanol–water partition coefficient (Wildman–Crippen LogP) is 1.30. The first-order chi connectivity index (χ1) is 10.7. The van der Waals surface area contributed by atoms with Crippen molar-refractivity contribution in [3.63, 3.8) is 0 Å². The third-order valence-corrected chi connectivity index (χ3v) is 4.62. The summed E-state index contributed by atoms with van der Waals surface area (Å²) in [7, 11) is 0. The van der Waals surface area contributed by atoms with Gasteiger partial charge in [-0.1, -0.05) is 13.3 Å². The molecule has 22 heavy (non-hydrogen) atoms. The SMILES string of the molecule is CCCCC(=O)N1CCN(c2ncnc3c2CCC3O)CC1. The lowest BCUT2D eigenvalue weighted by atomic mass is 10.2. The molecular weight excluding hydrogens is 280 g/mol. The quantitative estimate of drug-likeness (QED) is 0.908. The largest absolute Gasteiger partial charge is 0.387 e. The first-order valence-corrected chi connectivity index (χ1v) is 8.25. The molecule has 1 amide bonds. The van der Waals surface area contributed by atoms with E-state index in [9.17, 15) is 9.90 Å². The van der Waals surface area contributed by atoms with Crippen LogP contribution in [0.1, 0.15) is 50.0 Å². The number of aliphatic hydroxyl groups excluding tert-OH is 1. The molecule has 2 aliphatic rings. The number of hydrogen-bond donors (Lipinski definition) is 1. The number of amides is 1. The van der Waals surface area contributed by atoms with Crippen molar-refractivity contribution in [3.05, 3.63) is 17.6 Å². The van der Waals surface area contributed by atoms with E-state index in [2.05, 4.69) is 21.8 Å². The molecule has 1 N–H and O–H groups in total. The average Bonchev–Trinajstić information content (AvgIpc) is 2.94. The van der Waals surface area contributed by atoms with Gasteiger partial charge in [-0.15, -0.1) is 0 Å². The number of hydrogen-bond acceptors (Lipinski definition) is 5. The van der Waals surface area contributed by atoms with Crippen molar-refractivity contribution in [1.82, 2.24) is 14.9 Å². The van der Waals surface area contributed by atoms with Gasteiger partial charge < -0.3 is 14.9 Å². The molecule has 0 bridgehead atoms. The van der Waals surface area contributed by atoms with Crippen LogP contribution in [0.2, 0.25) is 0 Å². The molecule has 1 unspecified atom stereocenters. The van der Waals surface area contributed by atoms with Gasteiger partial charge in [0.2, 0.25) is 5.91 Å². The topological polar surface area (TPSA) is 69.6 Å². The zero-order valence-corrected chi connectivity index (χ0v) is 13.2. The van der Waals surface area contributed by atoms with E-state index < -0.39 is 6.10 Å². The first kappa shape index (κ1) is 15.2. The van der Waals surface area contributed by atoms with E-state index in [1.165, 1.54) is 0 Å². The Bertz CT molecular complexity index is 541. The van der Waals surface area contributed by atoms with Gasteiger partial charge in [-0.2, -0.15) is 0 Å². The molecule has 3 rings (SSSR count). The van der Waals surface area contributed by atoms with Gasteiger partial charge in [-0.25, -0.2) is 9.97 Å². The van der Waals surface area contributed by atoms with Gasteiger partial charge in [0.05, 0.1) is 11.8 Å². The van der Waals surface area contributed by atoms with Gasteiger partial charge in [-0.05, 0) is 19.3 Å². The number of nitrogens with zero attached hydrogens (tertiary/aromatic N) is 4. The molecule has 0 aromatic carbocycles. The van der Waals surface area contributed by atoms with Crippen LogP contribution in [0.5, 0.6) is 0 Å². The maximum atomic E-state index is 12.1. The number of carbonyl (C=O) groups is 1. The van der Waals surface area contributed by atoms with E-state index in [1.54, 1.807) is 6.33 Å². The summed E-state index contributed by atoms with van der Waals surface area (Å²) in [4.78, 5) is 24.9. The number of carbonyl (C=O) groups excluding carboxylic acids is 1. The molecule has 2 heterocycles. The normalized spacial score (nSPS) is 21.1. The Morgan fingerprint density at radius 2 is 2.09 bits per heavy atom. The fraction of sp³-hybridized carbons (Fsp3) is 0.688. The van der Waals surface area contributed by atoms with Gasteiger partial charge in [0.15, 0.2) is 0 Å². The Morgan fingerprint density at radius 3 is 2.82 bits per heavy atom. The van der Waals surface area contributed by atoms with Crippen molar-refractivity contribution >= 4 is 11.7 Å². The van der Waals surface area contributed by atoms with Crippen LogP contribution in [0.3, 0.4) is 0 Å². The molecule has 1 aliphatic carbocycles. The van der Waals surface area contributed by atoms with Crippen molar-refractivity contribution in [2.75, 3.05) is 31.1 Å². The van der Waals surface area contributed by atoms with Crippen molar-refractivity contribution in [1.29, 1.82) is 0 Å². The second-order valence-electron chi connectivity index (χ2n) is 6.09. The van der Waals surface area contributed by atoms with Crippen LogP contribution in [0, 0.1) is 0 Å². The molecule has 0 spiro atoms. The van der Waals surface area contributed by atoms with Crippen LogP contribution in [0.4, 0.5) is 5.82 Å². The van der Waals surface area contributed by atoms with E-state index in [0.29, 0.717) is 6.42 Å². The zero-order valence-electron chi connectivity index (χ0n) is 13.2. The number of aliphatic hydroxyl groups is 1. The molecule has 1 fully saturated rings. The van der Waals surface area contributed by atoms with Crippen LogP contribution in [0.15, 0.2) is 6.33 Å². The van der Waals surface area contributed by atoms with Crippen molar-refractivity contribution in [2.45, 2.75) is 45.1 Å². The standard InChI is InChI=1S/C16H24N4O2/c1-2-3-4-14(22)19-7-9-20(10-8-19)16-12-5-6-13(21)15(12)17-11-18-16/h11,13,21H,2-10H2,1H3. The predicted molar refractivity (Wildman–Crippen MR) is 83.6 cm³/mol. The van der Waals surface area contributed by atoms with Crippen LogP contribution in [0.25, 0.3) is 0 Å². The van der Waals surface area contributed by atoms with E-state index >= 15 is 0 Å². The summed E-state index contributed by atoms with van der Waals surface area (Å²) >= 11 is 0. The molecule has 1 aliphatic heterocycles. The first-order valence-electron chi connectivity index (χ1n) is 8.25. The van der Waals surface area contributed by atoms with Gasteiger partial charge in [-0.3, -0.25) is 4.79 Å². The number of rotatable bonds is 4. The van der Waals surface area contributed by atoms with Crippen LogP contribution >= 0.6 is 0 Å². The third kappa shape index (κ3) is 2.92. The summed E-state index contributed by atoms with van der Waals surface area (Å²) in [5.74, 6) is 1.21. The highest BCUT2D eigenvalue weighted by Crippen LogP contribution is 2.34. The highest BCUT2D eigenvalue weighted by Gasteiger charge is 2.29. The minimum absolute atomic E-state index is 0.268. The Morgan fingerprint density at radius 1 is 1.32 bits per heavy atom. The molecule has 0 saturated carbocycles. The highest BCUT2D eigenvalue weighted by molar-refractivity contribution is 5.76. The maximum Gasteiger partial charge on any atom is 0.222 e. The third-order valence-electron chi connectivity index (χ3n) is 4.62. The van der Waals surface area contributed by atoms with E-state index in [4.69, 9.17) is 0 Å². The van der Waals surface area contributed by atoms with Gasteiger partial charge in [0.25, 0.3) is 0 Å². The molecule has 120 valence electrons. The summed E-state index contributed by atoms with van der Waals surface area (Å²) in [6.45, 7) is 5.22. The number of piperazine rings is 1. The lowest BCUT2D eigenvalue weighted by Crippen LogP contribution is -2.49. The minimum Gasteiger partial charge on any atom is -0.387 e. The van der Waals surface area contributed by atoms with E-state index in [-0.39, 0.29) is 5.91 Å². The van der Waals surface area contributed by atoms with Gasteiger partial charge >= 0.3 is 0 Å². The van der Waals surface area contributed by atoms with Gasteiger partial charge in [0, 0.05) is 38.2 Å². The number of fused-ring (bicyclic) bond motifs is 1. The lowest BCUT2D eigenvalue weighted by molar-refractivity contribution is -0.131. The summed E-state index contributed by atoms with van der Waals surface area (Å²) < 4.78 is 0. The molecule has 1 aromatic heterocycles. The Hall–Kier alpha value is -1.69. The fourth-order valence-electron chi connectivity index (χ4n) is 3.29. The smallest absolute Gasteiger partial charge is 0.222 e. The zero-order chi connectivity index (χ0) is 15.5. The molecule has 0 radical (unpaired) electrons. The second-order valence-corrected chi connectivity index (χ2v) is 6.09. The lowest BCUT2D eigenvalue weighted by Gasteiger charge is -2.36. The average molecular weight is 304 g/mol. The molecule has 6 nitrogen and oxygen atoms in total. The van der Waals surface area contributed by atoms with Crippen molar-refractivity contribution < 1.29 is 9.90 Å². The summed E-state index contributed by atoms with van der Waals surface area (Å²) in [5.41, 5.74) is 1.87. The summed E-state index contributed by atoms with van der Waals surface area (Å²) in [5, 5.41) is 9.94. The maximum absolute atomic E-state index is 12.1. The number of anilines is 1. The van der Waals surface area contributed by atoms with E-state index in [1.807, 2.05) is 4.90 Å². The van der Waals surface area contributed by atoms with Crippen LogP contribution in [-0.4, -0.2) is 52.1 Å². The highest BCUT2D eigenvalue weighted by atomic mass is 16.3. The van der Waals surface area contributed by atoms with Crippen LogP contribution in [-0.2, 0) is 11.2 Å². The van der Waals surface area contributed by atoms with Gasteiger partial charge in [0.1, 0.15) is 12.1 Å². The second kappa shape index (κ2) is 6.60. The Kier molecular flexibility index (Phi) is 4.57. The minimum atomic E-state index is -0.450. The van der Waals surface area contributed by atoms with E-state index in [0.717, 1.165) is 68.9 Å². The molecule has 6 heteroatoms. The molecule has 1 aromatic rings.